The van der Waals surface area contributed by atoms with E-state index in [1.807, 2.05) is 24.3 Å². The normalized spacial score (nSPS) is 10.8. The van der Waals surface area contributed by atoms with Crippen LogP contribution < -0.4 is 0 Å². The molecule has 20 heavy (non-hydrogen) atoms. The maximum Gasteiger partial charge on any atom is 0.354 e. The highest BCUT2D eigenvalue weighted by atomic mass is 32.2. The lowest BCUT2D eigenvalue weighted by Gasteiger charge is -2.06. The van der Waals surface area contributed by atoms with Crippen LogP contribution in [0.2, 0.25) is 0 Å². The lowest BCUT2D eigenvalue weighted by molar-refractivity contribution is 0.0690. The monoisotopic (exact) mass is 287 g/mol. The SMILES string of the molecule is Cn1nnnc1Sc1nc(C(=O)O)cc2ccccc12. The lowest BCUT2D eigenvalue weighted by Crippen LogP contribution is -2.02. The Balaban J connectivity index is 2.17. The molecule has 0 aliphatic heterocycles. The molecule has 0 saturated carbocycles. The van der Waals surface area contributed by atoms with Crippen LogP contribution in [-0.2, 0) is 7.05 Å². The highest BCUT2D eigenvalue weighted by molar-refractivity contribution is 7.99. The van der Waals surface area contributed by atoms with Crippen LogP contribution in [0.4, 0.5) is 0 Å². The van der Waals surface area contributed by atoms with Gasteiger partial charge in [-0.2, -0.15) is 0 Å². The predicted molar refractivity (Wildman–Crippen MR) is 71.6 cm³/mol. The number of carbonyl (C=O) groups is 1. The molecular weight excluding hydrogens is 278 g/mol. The van der Waals surface area contributed by atoms with Crippen molar-refractivity contribution in [1.82, 2.24) is 25.2 Å². The first kappa shape index (κ1) is 12.5. The third-order valence-electron chi connectivity index (χ3n) is 2.69. The van der Waals surface area contributed by atoms with E-state index >= 15 is 0 Å². The van der Waals surface area contributed by atoms with Crippen molar-refractivity contribution in [3.8, 4) is 0 Å². The molecule has 3 rings (SSSR count). The number of nitrogens with zero attached hydrogens (tertiary/aromatic N) is 5. The summed E-state index contributed by atoms with van der Waals surface area (Å²) >= 11 is 1.23. The number of tetrazole rings is 1. The summed E-state index contributed by atoms with van der Waals surface area (Å²) in [5, 5.41) is 23.1. The number of carboxylic acid groups (broad SMARTS) is 1. The predicted octanol–water partition coefficient (Wildman–Crippen LogP) is 1.61. The van der Waals surface area contributed by atoms with Gasteiger partial charge in [0, 0.05) is 12.4 Å². The summed E-state index contributed by atoms with van der Waals surface area (Å²) in [7, 11) is 1.71. The van der Waals surface area contributed by atoms with Crippen molar-refractivity contribution >= 4 is 28.5 Å². The van der Waals surface area contributed by atoms with Gasteiger partial charge < -0.3 is 5.11 Å². The summed E-state index contributed by atoms with van der Waals surface area (Å²) in [6.07, 6.45) is 0. The molecule has 0 aliphatic rings. The van der Waals surface area contributed by atoms with Crippen molar-refractivity contribution in [2.75, 3.05) is 0 Å². The Morgan fingerprint density at radius 3 is 2.85 bits per heavy atom. The molecule has 0 unspecified atom stereocenters. The molecule has 0 radical (unpaired) electrons. The third kappa shape index (κ3) is 2.21. The zero-order valence-corrected chi connectivity index (χ0v) is 11.2. The second-order valence-corrected chi connectivity index (χ2v) is 4.98. The Hall–Kier alpha value is -2.48. The highest BCUT2D eigenvalue weighted by Crippen LogP contribution is 2.30. The van der Waals surface area contributed by atoms with E-state index in [1.54, 1.807) is 13.1 Å². The number of hydrogen-bond donors (Lipinski definition) is 1. The van der Waals surface area contributed by atoms with E-state index in [1.165, 1.54) is 16.4 Å². The number of carboxylic acids is 1. The fourth-order valence-electron chi connectivity index (χ4n) is 1.75. The minimum absolute atomic E-state index is 0.00123. The molecule has 8 heteroatoms. The lowest BCUT2D eigenvalue weighted by atomic mass is 10.1. The first-order valence-electron chi connectivity index (χ1n) is 5.68. The Kier molecular flexibility index (Phi) is 3.07. The molecule has 1 aromatic carbocycles. The Morgan fingerprint density at radius 1 is 1.35 bits per heavy atom. The number of aryl methyl sites for hydroxylation is 1. The van der Waals surface area contributed by atoms with Gasteiger partial charge in [-0.25, -0.2) is 14.5 Å². The van der Waals surface area contributed by atoms with E-state index in [4.69, 9.17) is 5.11 Å². The minimum Gasteiger partial charge on any atom is -0.477 e. The minimum atomic E-state index is -1.06. The van der Waals surface area contributed by atoms with Crippen LogP contribution in [0.5, 0.6) is 0 Å². The smallest absolute Gasteiger partial charge is 0.354 e. The number of pyridine rings is 1. The maximum absolute atomic E-state index is 11.1. The van der Waals surface area contributed by atoms with Crippen LogP contribution in [0.15, 0.2) is 40.5 Å². The summed E-state index contributed by atoms with van der Waals surface area (Å²) < 4.78 is 1.51. The first-order chi connectivity index (χ1) is 9.65. The van der Waals surface area contributed by atoms with E-state index in [0.717, 1.165) is 10.8 Å². The molecule has 7 nitrogen and oxygen atoms in total. The van der Waals surface area contributed by atoms with Crippen LogP contribution in [-0.4, -0.2) is 36.3 Å². The average Bonchev–Trinajstić information content (AvgIpc) is 2.84. The largest absolute Gasteiger partial charge is 0.477 e. The van der Waals surface area contributed by atoms with Crippen molar-refractivity contribution in [3.63, 3.8) is 0 Å². The number of hydrogen-bond acceptors (Lipinski definition) is 6. The van der Waals surface area contributed by atoms with Crippen molar-refractivity contribution in [2.24, 2.45) is 7.05 Å². The molecule has 2 heterocycles. The molecule has 0 spiro atoms. The van der Waals surface area contributed by atoms with Gasteiger partial charge in [-0.15, -0.1) is 5.10 Å². The number of aromatic carboxylic acids is 1. The summed E-state index contributed by atoms with van der Waals surface area (Å²) in [6.45, 7) is 0. The highest BCUT2D eigenvalue weighted by Gasteiger charge is 2.14. The second-order valence-electron chi connectivity index (χ2n) is 4.03. The van der Waals surface area contributed by atoms with Gasteiger partial charge in [-0.05, 0) is 33.6 Å². The zero-order chi connectivity index (χ0) is 14.1. The van der Waals surface area contributed by atoms with Crippen LogP contribution in [0.25, 0.3) is 10.8 Å². The molecule has 100 valence electrons. The van der Waals surface area contributed by atoms with Crippen LogP contribution in [0.3, 0.4) is 0 Å². The molecule has 0 saturated heterocycles. The fourth-order valence-corrected chi connectivity index (χ4v) is 2.61. The summed E-state index contributed by atoms with van der Waals surface area (Å²) in [5.41, 5.74) is 0.00123. The van der Waals surface area contributed by atoms with Crippen molar-refractivity contribution < 1.29 is 9.90 Å². The van der Waals surface area contributed by atoms with Gasteiger partial charge in [-0.1, -0.05) is 24.3 Å². The average molecular weight is 287 g/mol. The van der Waals surface area contributed by atoms with E-state index in [0.29, 0.717) is 10.2 Å². The van der Waals surface area contributed by atoms with Gasteiger partial charge in [-0.3, -0.25) is 0 Å². The van der Waals surface area contributed by atoms with E-state index < -0.39 is 5.97 Å². The van der Waals surface area contributed by atoms with Gasteiger partial charge in [0.25, 0.3) is 0 Å². The Morgan fingerprint density at radius 2 is 2.15 bits per heavy atom. The van der Waals surface area contributed by atoms with Gasteiger partial charge in [0.1, 0.15) is 10.7 Å². The fraction of sp³-hybridized carbons (Fsp3) is 0.0833. The van der Waals surface area contributed by atoms with Crippen molar-refractivity contribution in [3.05, 3.63) is 36.0 Å². The van der Waals surface area contributed by atoms with E-state index in [-0.39, 0.29) is 5.69 Å². The van der Waals surface area contributed by atoms with Gasteiger partial charge >= 0.3 is 5.97 Å². The molecule has 0 aliphatic carbocycles. The molecule has 3 aromatic rings. The second kappa shape index (κ2) is 4.89. The molecule has 0 bridgehead atoms. The number of rotatable bonds is 3. The molecular formula is C12H9N5O2S. The van der Waals surface area contributed by atoms with Gasteiger partial charge in [0.2, 0.25) is 5.16 Å². The van der Waals surface area contributed by atoms with Crippen LogP contribution >= 0.6 is 11.8 Å². The molecule has 0 atom stereocenters. The van der Waals surface area contributed by atoms with Gasteiger partial charge in [0.15, 0.2) is 0 Å². The van der Waals surface area contributed by atoms with E-state index in [2.05, 4.69) is 20.5 Å². The van der Waals surface area contributed by atoms with Crippen molar-refractivity contribution in [2.45, 2.75) is 10.2 Å². The Labute approximate surface area is 117 Å². The molecule has 2 aromatic heterocycles. The summed E-state index contributed by atoms with van der Waals surface area (Å²) in [4.78, 5) is 15.3. The summed E-state index contributed by atoms with van der Waals surface area (Å²) in [5.74, 6) is -1.06. The number of fused-ring (bicyclic) bond motifs is 1. The maximum atomic E-state index is 11.1. The zero-order valence-electron chi connectivity index (χ0n) is 10.4. The van der Waals surface area contributed by atoms with Crippen LogP contribution in [0, 0.1) is 0 Å². The Bertz CT molecular complexity index is 801. The van der Waals surface area contributed by atoms with Crippen molar-refractivity contribution in [1.29, 1.82) is 0 Å². The third-order valence-corrected chi connectivity index (χ3v) is 3.73. The molecule has 1 N–H and O–H groups in total. The van der Waals surface area contributed by atoms with Gasteiger partial charge in [0.05, 0.1) is 0 Å². The standard InChI is InChI=1S/C12H9N5O2S/c1-17-12(14-15-16-17)20-10-8-5-3-2-4-7(8)6-9(13-10)11(18)19/h2-6H,1H3,(H,18,19). The number of benzene rings is 1. The first-order valence-corrected chi connectivity index (χ1v) is 6.50. The van der Waals surface area contributed by atoms with Crippen LogP contribution in [0.1, 0.15) is 10.5 Å². The molecule has 0 fully saturated rings. The quantitative estimate of drug-likeness (QED) is 0.782. The summed E-state index contributed by atoms with van der Waals surface area (Å²) in [6, 6.07) is 9.02. The van der Waals surface area contributed by atoms with E-state index in [9.17, 15) is 4.79 Å². The topological polar surface area (TPSA) is 93.8 Å². The molecule has 0 amide bonds. The number of aromatic nitrogens is 5.